The van der Waals surface area contributed by atoms with Crippen LogP contribution in [0.3, 0.4) is 0 Å². The van der Waals surface area contributed by atoms with Crippen LogP contribution in [0.4, 0.5) is 4.39 Å². The Bertz CT molecular complexity index is 861. The molecule has 2 rings (SSSR count). The van der Waals surface area contributed by atoms with Crippen molar-refractivity contribution in [3.63, 3.8) is 0 Å². The second kappa shape index (κ2) is 9.86. The molecular formula is C24H32ClFO4. The van der Waals surface area contributed by atoms with Crippen molar-refractivity contribution in [2.75, 3.05) is 14.0 Å². The largest absolute Gasteiger partial charge is 0.504 e. The van der Waals surface area contributed by atoms with Crippen molar-refractivity contribution in [2.24, 2.45) is 17.3 Å². The van der Waals surface area contributed by atoms with Gasteiger partial charge in [0.1, 0.15) is 11.5 Å². The number of hydrogen-bond acceptors (Lipinski definition) is 4. The standard InChI is InChI=1S/C24H32ClFO4/c1-14(11-12-24(5)15(2)8-10-19(27)17(24)4)7-9-18-21(28)22(29-6)16(3)20(25)23(18)30-13-26/h7,11-12,15,17,28H,8-10,13H2,1-6H3/b12-11+,14-7+/t15-,17+,24+/m1/s1. The molecule has 6 heteroatoms. The number of aromatic hydroxyl groups is 1. The summed E-state index contributed by atoms with van der Waals surface area (Å²) in [4.78, 5) is 12.2. The molecule has 3 atom stereocenters. The minimum absolute atomic E-state index is 0.0286. The van der Waals surface area contributed by atoms with Crippen molar-refractivity contribution in [3.8, 4) is 17.2 Å². The van der Waals surface area contributed by atoms with Crippen LogP contribution in [0.15, 0.2) is 23.8 Å². The van der Waals surface area contributed by atoms with Crippen LogP contribution in [0.1, 0.15) is 51.7 Å². The Morgan fingerprint density at radius 2 is 2.03 bits per heavy atom. The third-order valence-corrected chi connectivity index (χ3v) is 7.14. The maximum atomic E-state index is 12.9. The van der Waals surface area contributed by atoms with Crippen molar-refractivity contribution in [1.29, 1.82) is 0 Å². The van der Waals surface area contributed by atoms with Gasteiger partial charge in [0.15, 0.2) is 11.5 Å². The fourth-order valence-electron chi connectivity index (χ4n) is 4.08. The first-order valence-corrected chi connectivity index (χ1v) is 10.6. The molecular weight excluding hydrogens is 407 g/mol. The first kappa shape index (κ1) is 24.3. The van der Waals surface area contributed by atoms with Gasteiger partial charge in [0.25, 0.3) is 0 Å². The van der Waals surface area contributed by atoms with E-state index in [0.29, 0.717) is 29.2 Å². The van der Waals surface area contributed by atoms with Gasteiger partial charge in [-0.1, -0.05) is 56.2 Å². The number of Topliss-reactive ketones (excluding diaryl/α,β-unsaturated/α-hetero) is 1. The molecule has 1 N–H and O–H groups in total. The summed E-state index contributed by atoms with van der Waals surface area (Å²) in [6, 6.07) is 0. The van der Waals surface area contributed by atoms with Gasteiger partial charge in [0.05, 0.1) is 12.1 Å². The number of phenolic OH excluding ortho intramolecular Hbond substituents is 1. The first-order valence-electron chi connectivity index (χ1n) is 10.2. The molecule has 166 valence electrons. The van der Waals surface area contributed by atoms with Crippen molar-refractivity contribution < 1.29 is 23.8 Å². The maximum absolute atomic E-state index is 12.9. The minimum Gasteiger partial charge on any atom is -0.504 e. The molecule has 0 heterocycles. The summed E-state index contributed by atoms with van der Waals surface area (Å²) in [6.45, 7) is 8.88. The molecule has 0 saturated heterocycles. The smallest absolute Gasteiger partial charge is 0.228 e. The maximum Gasteiger partial charge on any atom is 0.228 e. The number of ketones is 1. The first-order chi connectivity index (χ1) is 14.1. The lowest BCUT2D eigenvalue weighted by Crippen LogP contribution is -2.40. The lowest BCUT2D eigenvalue weighted by Gasteiger charge is -2.42. The molecule has 0 bridgehead atoms. The molecule has 0 radical (unpaired) electrons. The number of alkyl halides is 1. The Labute approximate surface area is 183 Å². The van der Waals surface area contributed by atoms with Crippen LogP contribution in [0.25, 0.3) is 0 Å². The SMILES string of the molecule is COc1c(C)c(Cl)c(OCF)c(C/C=C(C)/C=C/[C@@]2(C)[C@H](C)CCC(=O)[C@@H]2C)c1O. The molecule has 0 aliphatic heterocycles. The van der Waals surface area contributed by atoms with Crippen LogP contribution < -0.4 is 9.47 Å². The highest BCUT2D eigenvalue weighted by molar-refractivity contribution is 6.33. The van der Waals surface area contributed by atoms with E-state index in [1.54, 1.807) is 6.92 Å². The van der Waals surface area contributed by atoms with Gasteiger partial charge in [-0.2, -0.15) is 0 Å². The topological polar surface area (TPSA) is 55.8 Å². The average molecular weight is 439 g/mol. The normalized spacial score (nSPS) is 25.1. The molecule has 0 unspecified atom stereocenters. The van der Waals surface area contributed by atoms with Gasteiger partial charge in [-0.25, -0.2) is 4.39 Å². The van der Waals surface area contributed by atoms with Crippen LogP contribution in [-0.4, -0.2) is 24.9 Å². The summed E-state index contributed by atoms with van der Waals surface area (Å²) < 4.78 is 23.2. The monoisotopic (exact) mass is 438 g/mol. The molecule has 1 aromatic rings. The Morgan fingerprint density at radius 1 is 1.37 bits per heavy atom. The average Bonchev–Trinajstić information content (AvgIpc) is 2.72. The van der Waals surface area contributed by atoms with Gasteiger partial charge in [0, 0.05) is 23.5 Å². The fourth-order valence-corrected chi connectivity index (χ4v) is 4.33. The molecule has 0 spiro atoms. The van der Waals surface area contributed by atoms with Crippen LogP contribution in [0.2, 0.25) is 5.02 Å². The molecule has 0 amide bonds. The minimum atomic E-state index is -1.05. The van der Waals surface area contributed by atoms with E-state index in [2.05, 4.69) is 19.9 Å². The molecule has 1 aliphatic rings. The van der Waals surface area contributed by atoms with E-state index in [-0.39, 0.29) is 40.0 Å². The van der Waals surface area contributed by atoms with Crippen molar-refractivity contribution >= 4 is 17.4 Å². The molecule has 30 heavy (non-hydrogen) atoms. The summed E-state index contributed by atoms with van der Waals surface area (Å²) in [5.41, 5.74) is 1.61. The Hall–Kier alpha value is -2.01. The van der Waals surface area contributed by atoms with Crippen molar-refractivity contribution in [3.05, 3.63) is 40.0 Å². The lowest BCUT2D eigenvalue weighted by atomic mass is 9.61. The zero-order valence-corrected chi connectivity index (χ0v) is 19.4. The van der Waals surface area contributed by atoms with Crippen LogP contribution >= 0.6 is 11.6 Å². The number of phenols is 1. The summed E-state index contributed by atoms with van der Waals surface area (Å²) in [5.74, 6) is 0.944. The van der Waals surface area contributed by atoms with Crippen LogP contribution in [0, 0.1) is 24.2 Å². The Kier molecular flexibility index (Phi) is 7.98. The lowest BCUT2D eigenvalue weighted by molar-refractivity contribution is -0.129. The number of rotatable bonds is 7. The molecule has 4 nitrogen and oxygen atoms in total. The second-order valence-electron chi connectivity index (χ2n) is 8.36. The highest BCUT2D eigenvalue weighted by atomic mass is 35.5. The second-order valence-corrected chi connectivity index (χ2v) is 8.74. The number of carbonyl (C=O) groups excluding carboxylic acids is 1. The third-order valence-electron chi connectivity index (χ3n) is 6.68. The predicted octanol–water partition coefficient (Wildman–Crippen LogP) is 6.35. The predicted molar refractivity (Wildman–Crippen MR) is 118 cm³/mol. The van der Waals surface area contributed by atoms with Crippen molar-refractivity contribution in [2.45, 2.75) is 53.9 Å². The molecule has 1 fully saturated rings. The fraction of sp³-hybridized carbons (Fsp3) is 0.542. The molecule has 1 aromatic carbocycles. The number of benzene rings is 1. The van der Waals surface area contributed by atoms with E-state index in [4.69, 9.17) is 21.1 Å². The number of ether oxygens (including phenoxy) is 2. The number of hydrogen-bond donors (Lipinski definition) is 1. The van der Waals surface area contributed by atoms with E-state index in [1.165, 1.54) is 7.11 Å². The van der Waals surface area contributed by atoms with Crippen molar-refractivity contribution in [1.82, 2.24) is 0 Å². The van der Waals surface area contributed by atoms with Gasteiger partial charge in [-0.15, -0.1) is 0 Å². The van der Waals surface area contributed by atoms with E-state index < -0.39 is 6.86 Å². The Balaban J connectivity index is 2.34. The third kappa shape index (κ3) is 4.66. The summed E-state index contributed by atoms with van der Waals surface area (Å²) in [7, 11) is 1.44. The highest BCUT2D eigenvalue weighted by Crippen LogP contribution is 2.47. The quantitative estimate of drug-likeness (QED) is 0.503. The van der Waals surface area contributed by atoms with Crippen LogP contribution in [0.5, 0.6) is 17.2 Å². The van der Waals surface area contributed by atoms with Gasteiger partial charge in [0.2, 0.25) is 6.86 Å². The van der Waals surface area contributed by atoms with Crippen LogP contribution in [-0.2, 0) is 11.2 Å². The van der Waals surface area contributed by atoms with Gasteiger partial charge in [-0.05, 0) is 38.0 Å². The number of allylic oxidation sites excluding steroid dienone is 4. The van der Waals surface area contributed by atoms with E-state index in [1.807, 2.05) is 26.0 Å². The van der Waals surface area contributed by atoms with Gasteiger partial charge in [-0.3, -0.25) is 4.79 Å². The highest BCUT2D eigenvalue weighted by Gasteiger charge is 2.41. The molecule has 0 aromatic heterocycles. The zero-order valence-electron chi connectivity index (χ0n) is 18.6. The molecule has 1 saturated carbocycles. The van der Waals surface area contributed by atoms with Gasteiger partial charge >= 0.3 is 0 Å². The summed E-state index contributed by atoms with van der Waals surface area (Å²) >= 11 is 6.33. The number of carbonyl (C=O) groups is 1. The summed E-state index contributed by atoms with van der Waals surface area (Å²) in [6.07, 6.45) is 7.86. The van der Waals surface area contributed by atoms with Gasteiger partial charge < -0.3 is 14.6 Å². The number of methoxy groups -OCH3 is 1. The number of halogens is 2. The zero-order chi connectivity index (χ0) is 22.6. The van der Waals surface area contributed by atoms with E-state index >= 15 is 0 Å². The molecule has 1 aliphatic carbocycles. The van der Waals surface area contributed by atoms with E-state index in [9.17, 15) is 14.3 Å². The van der Waals surface area contributed by atoms with E-state index in [0.717, 1.165) is 12.0 Å². The Morgan fingerprint density at radius 3 is 2.63 bits per heavy atom. The summed E-state index contributed by atoms with van der Waals surface area (Å²) in [5, 5.41) is 10.8.